The lowest BCUT2D eigenvalue weighted by Crippen LogP contribution is -2.50. The number of nitrogens with one attached hydrogen (secondary N) is 1. The minimum Gasteiger partial charge on any atom is -0.497 e. The van der Waals surface area contributed by atoms with Crippen molar-refractivity contribution in [3.05, 3.63) is 90.5 Å². The van der Waals surface area contributed by atoms with E-state index < -0.39 is 0 Å². The number of benzene rings is 3. The number of carbonyl (C=O) groups is 2. The Balaban J connectivity index is 1.30. The van der Waals surface area contributed by atoms with E-state index in [1.54, 1.807) is 7.11 Å². The molecule has 0 radical (unpaired) electrons. The predicted molar refractivity (Wildman–Crippen MR) is 141 cm³/mol. The Morgan fingerprint density at radius 2 is 1.58 bits per heavy atom. The molecule has 1 aliphatic heterocycles. The Hall–Kier alpha value is -4.23. The van der Waals surface area contributed by atoms with Gasteiger partial charge in [-0.25, -0.2) is 4.98 Å². The smallest absolute Gasteiger partial charge is 0.254 e. The molecule has 4 aromatic rings. The van der Waals surface area contributed by atoms with E-state index in [2.05, 4.69) is 10.2 Å². The second kappa shape index (κ2) is 10.6. The second-order valence-electron chi connectivity index (χ2n) is 8.78. The number of ether oxygens (including phenoxy) is 1. The van der Waals surface area contributed by atoms with Crippen molar-refractivity contribution in [1.29, 1.82) is 0 Å². The van der Waals surface area contributed by atoms with Crippen LogP contribution in [0.4, 0.5) is 5.69 Å². The monoisotopic (exact) mass is 480 g/mol. The van der Waals surface area contributed by atoms with Crippen LogP contribution in [0.2, 0.25) is 0 Å². The van der Waals surface area contributed by atoms with Gasteiger partial charge in [-0.3, -0.25) is 14.5 Å². The fourth-order valence-electron chi connectivity index (χ4n) is 4.47. The first-order chi connectivity index (χ1) is 17.6. The van der Waals surface area contributed by atoms with Crippen molar-refractivity contribution in [2.24, 2.45) is 0 Å². The fourth-order valence-corrected chi connectivity index (χ4v) is 4.47. The number of anilines is 1. The van der Waals surface area contributed by atoms with Gasteiger partial charge in [0.2, 0.25) is 5.91 Å². The van der Waals surface area contributed by atoms with Gasteiger partial charge in [0.15, 0.2) is 0 Å². The van der Waals surface area contributed by atoms with Gasteiger partial charge in [0.1, 0.15) is 5.75 Å². The third-order valence-electron chi connectivity index (χ3n) is 6.42. The van der Waals surface area contributed by atoms with E-state index in [0.717, 1.165) is 33.6 Å². The van der Waals surface area contributed by atoms with E-state index in [0.29, 0.717) is 38.3 Å². The Morgan fingerprint density at radius 3 is 2.31 bits per heavy atom. The van der Waals surface area contributed by atoms with Crippen molar-refractivity contribution >= 4 is 28.4 Å². The van der Waals surface area contributed by atoms with Gasteiger partial charge >= 0.3 is 0 Å². The molecule has 3 aromatic carbocycles. The molecule has 7 heteroatoms. The minimum atomic E-state index is -0.0507. The predicted octanol–water partition coefficient (Wildman–Crippen LogP) is 4.31. The van der Waals surface area contributed by atoms with Gasteiger partial charge in [-0.15, -0.1) is 0 Å². The number of para-hydroxylation sites is 2. The molecule has 1 aliphatic rings. The standard InChI is InChI=1S/C29H28N4O3/c1-36-23-13-11-21(12-14-23)27-19-25(24-9-5-6-10-26(24)31-27)29(35)33-17-15-32(16-18-33)20-28(34)30-22-7-3-2-4-8-22/h2-14,19H,15-18,20H2,1H3,(H,30,34). The van der Waals surface area contributed by atoms with Crippen LogP contribution in [0.5, 0.6) is 5.75 Å². The molecule has 0 saturated carbocycles. The number of fused-ring (bicyclic) bond motifs is 1. The molecule has 182 valence electrons. The normalized spacial score (nSPS) is 14.0. The van der Waals surface area contributed by atoms with Crippen molar-refractivity contribution in [2.45, 2.75) is 0 Å². The summed E-state index contributed by atoms with van der Waals surface area (Å²) in [5, 5.41) is 3.76. The highest BCUT2D eigenvalue weighted by atomic mass is 16.5. The Morgan fingerprint density at radius 1 is 0.889 bits per heavy atom. The summed E-state index contributed by atoms with van der Waals surface area (Å²) in [4.78, 5) is 34.8. The second-order valence-corrected chi connectivity index (χ2v) is 8.78. The van der Waals surface area contributed by atoms with Crippen molar-refractivity contribution in [2.75, 3.05) is 45.2 Å². The third kappa shape index (κ3) is 5.21. The lowest BCUT2D eigenvalue weighted by molar-refractivity contribution is -0.117. The summed E-state index contributed by atoms with van der Waals surface area (Å²) in [6.45, 7) is 2.71. The van der Waals surface area contributed by atoms with Crippen LogP contribution in [0.15, 0.2) is 84.9 Å². The number of amides is 2. The molecule has 0 atom stereocenters. The lowest BCUT2D eigenvalue weighted by atomic mass is 10.0. The Labute approximate surface area is 210 Å². The number of rotatable bonds is 6. The van der Waals surface area contributed by atoms with Crippen LogP contribution in [-0.4, -0.2) is 66.4 Å². The van der Waals surface area contributed by atoms with Gasteiger partial charge in [0.25, 0.3) is 5.91 Å². The van der Waals surface area contributed by atoms with E-state index >= 15 is 0 Å². The van der Waals surface area contributed by atoms with Crippen molar-refractivity contribution in [1.82, 2.24) is 14.8 Å². The first-order valence-corrected chi connectivity index (χ1v) is 12.0. The third-order valence-corrected chi connectivity index (χ3v) is 6.42. The largest absolute Gasteiger partial charge is 0.497 e. The number of carbonyl (C=O) groups excluding carboxylic acids is 2. The molecular formula is C29H28N4O3. The Kier molecular flexibility index (Phi) is 6.91. The number of methoxy groups -OCH3 is 1. The first kappa shape index (κ1) is 23.5. The lowest BCUT2D eigenvalue weighted by Gasteiger charge is -2.34. The molecule has 2 heterocycles. The summed E-state index contributed by atoms with van der Waals surface area (Å²) in [5.74, 6) is 0.702. The van der Waals surface area contributed by atoms with Gasteiger partial charge < -0.3 is 15.0 Å². The summed E-state index contributed by atoms with van der Waals surface area (Å²) in [7, 11) is 1.63. The fraction of sp³-hybridized carbons (Fsp3) is 0.207. The zero-order chi connectivity index (χ0) is 24.9. The van der Waals surface area contributed by atoms with Crippen molar-refractivity contribution in [3.8, 4) is 17.0 Å². The molecule has 7 nitrogen and oxygen atoms in total. The molecule has 0 aliphatic carbocycles. The van der Waals surface area contributed by atoms with E-state index in [4.69, 9.17) is 9.72 Å². The van der Waals surface area contributed by atoms with Crippen LogP contribution in [0.3, 0.4) is 0 Å². The van der Waals surface area contributed by atoms with Crippen molar-refractivity contribution < 1.29 is 14.3 Å². The summed E-state index contributed by atoms with van der Waals surface area (Å²) >= 11 is 0. The number of hydrogen-bond donors (Lipinski definition) is 1. The van der Waals surface area contributed by atoms with Crippen LogP contribution >= 0.6 is 0 Å². The van der Waals surface area contributed by atoms with Crippen LogP contribution in [0.1, 0.15) is 10.4 Å². The summed E-state index contributed by atoms with van der Waals surface area (Å²) in [6, 6.07) is 26.7. The molecule has 1 aromatic heterocycles. The highest BCUT2D eigenvalue weighted by molar-refractivity contribution is 6.07. The highest BCUT2D eigenvalue weighted by Gasteiger charge is 2.25. The van der Waals surface area contributed by atoms with E-state index in [9.17, 15) is 9.59 Å². The summed E-state index contributed by atoms with van der Waals surface area (Å²) < 4.78 is 5.27. The topological polar surface area (TPSA) is 74.8 Å². The SMILES string of the molecule is COc1ccc(-c2cc(C(=O)N3CCN(CC(=O)Nc4ccccc4)CC3)c3ccccc3n2)cc1. The maximum Gasteiger partial charge on any atom is 0.254 e. The maximum absolute atomic E-state index is 13.6. The Bertz CT molecular complexity index is 1360. The van der Waals surface area contributed by atoms with E-state index in [1.165, 1.54) is 0 Å². The number of pyridine rings is 1. The first-order valence-electron chi connectivity index (χ1n) is 12.0. The average Bonchev–Trinajstić information content (AvgIpc) is 2.93. The molecule has 1 fully saturated rings. The van der Waals surface area contributed by atoms with Crippen LogP contribution in [0.25, 0.3) is 22.2 Å². The molecular weight excluding hydrogens is 452 g/mol. The van der Waals surface area contributed by atoms with Crippen LogP contribution in [-0.2, 0) is 4.79 Å². The number of piperazine rings is 1. The quantitative estimate of drug-likeness (QED) is 0.445. The zero-order valence-corrected chi connectivity index (χ0v) is 20.2. The maximum atomic E-state index is 13.6. The van der Waals surface area contributed by atoms with E-state index in [1.807, 2.05) is 89.8 Å². The summed E-state index contributed by atoms with van der Waals surface area (Å²) in [5.41, 5.74) is 3.88. The van der Waals surface area contributed by atoms with Crippen LogP contribution < -0.4 is 10.1 Å². The molecule has 5 rings (SSSR count). The van der Waals surface area contributed by atoms with Crippen LogP contribution in [0, 0.1) is 0 Å². The molecule has 0 bridgehead atoms. The average molecular weight is 481 g/mol. The number of hydrogen-bond acceptors (Lipinski definition) is 5. The van der Waals surface area contributed by atoms with E-state index in [-0.39, 0.29) is 11.8 Å². The van der Waals surface area contributed by atoms with Gasteiger partial charge in [-0.05, 0) is 48.5 Å². The van der Waals surface area contributed by atoms with Crippen molar-refractivity contribution in [3.63, 3.8) is 0 Å². The molecule has 2 amide bonds. The van der Waals surface area contributed by atoms with Gasteiger partial charge in [0, 0.05) is 42.8 Å². The number of nitrogens with zero attached hydrogens (tertiary/aromatic N) is 3. The molecule has 1 N–H and O–H groups in total. The molecule has 1 saturated heterocycles. The zero-order valence-electron chi connectivity index (χ0n) is 20.2. The van der Waals surface area contributed by atoms with Gasteiger partial charge in [0.05, 0.1) is 30.4 Å². The molecule has 36 heavy (non-hydrogen) atoms. The molecule has 0 spiro atoms. The number of aromatic nitrogens is 1. The summed E-state index contributed by atoms with van der Waals surface area (Å²) in [6.07, 6.45) is 0. The minimum absolute atomic E-state index is 0.0169. The van der Waals surface area contributed by atoms with Gasteiger partial charge in [-0.2, -0.15) is 0 Å². The highest BCUT2D eigenvalue weighted by Crippen LogP contribution is 2.27. The van der Waals surface area contributed by atoms with Gasteiger partial charge in [-0.1, -0.05) is 36.4 Å². The molecule has 0 unspecified atom stereocenters.